The third-order valence-corrected chi connectivity index (χ3v) is 0.805. The van der Waals surface area contributed by atoms with E-state index in [4.69, 9.17) is 30.3 Å². The van der Waals surface area contributed by atoms with Gasteiger partial charge in [-0.1, -0.05) is 0 Å². The van der Waals surface area contributed by atoms with Gasteiger partial charge in [0.1, 0.15) is 0 Å². The van der Waals surface area contributed by atoms with Gasteiger partial charge in [0, 0.05) is 0 Å². The van der Waals surface area contributed by atoms with E-state index in [0.717, 1.165) is 0 Å². The van der Waals surface area contributed by atoms with Gasteiger partial charge in [0.05, 0.1) is 0 Å². The molecule has 0 fully saturated rings. The zero-order valence-corrected chi connectivity index (χ0v) is 9.19. The van der Waals surface area contributed by atoms with Crippen LogP contribution >= 0.6 is 0 Å². The molecule has 0 radical (unpaired) electrons. The summed E-state index contributed by atoms with van der Waals surface area (Å²) in [5.74, 6) is -3.54. The smallest absolute Gasteiger partial charge is 1.00 e. The van der Waals surface area contributed by atoms with Crippen LogP contribution in [-0.2, 0) is 14.4 Å². The van der Waals surface area contributed by atoms with Crippen molar-refractivity contribution in [2.45, 2.75) is 12.2 Å². The van der Waals surface area contributed by atoms with Gasteiger partial charge in [0.25, 0.3) is 6.47 Å². The predicted molar refractivity (Wildman–Crippen MR) is 37.1 cm³/mol. The van der Waals surface area contributed by atoms with E-state index in [1.54, 1.807) is 0 Å². The van der Waals surface area contributed by atoms with Gasteiger partial charge in [-0.15, -0.1) is 0 Å². The maximum absolute atomic E-state index is 9.77. The average molecular weight is 220 g/mol. The molecule has 0 aromatic heterocycles. The van der Waals surface area contributed by atoms with Crippen LogP contribution in [0.15, 0.2) is 0 Å². The molecule has 14 heavy (non-hydrogen) atoms. The zero-order chi connectivity index (χ0) is 11.0. The molecule has 0 aliphatic rings. The summed E-state index contributed by atoms with van der Waals surface area (Å²) in [7, 11) is 0. The number of carboxylic acids is 2. The molecule has 78 valence electrons. The molecule has 0 heterocycles. The second-order valence-electron chi connectivity index (χ2n) is 1.67. The first kappa shape index (κ1) is 19.0. The summed E-state index contributed by atoms with van der Waals surface area (Å²) in [5.41, 5.74) is 0. The third kappa shape index (κ3) is 9.42. The van der Waals surface area contributed by atoms with Gasteiger partial charge in [-0.2, -0.15) is 0 Å². The molecule has 0 rings (SSSR count). The number of aliphatic carboxylic acids is 2. The summed E-state index contributed by atoms with van der Waals surface area (Å²) >= 11 is 0. The molecule has 0 aromatic carbocycles. The molecule has 0 aromatic rings. The van der Waals surface area contributed by atoms with Crippen LogP contribution in [0, 0.1) is 0 Å². The van der Waals surface area contributed by atoms with Crippen molar-refractivity contribution in [3.05, 3.63) is 0 Å². The normalized spacial score (nSPS) is 12.1. The molecular formula is C5H9NaO8. The Balaban J connectivity index is -0.000000108. The van der Waals surface area contributed by atoms with E-state index >= 15 is 0 Å². The average Bonchev–Trinajstić information content (AvgIpc) is 2.03. The molecule has 0 aliphatic carbocycles. The second-order valence-corrected chi connectivity index (χ2v) is 1.67. The molecule has 0 saturated heterocycles. The summed E-state index contributed by atoms with van der Waals surface area (Å²) in [6.45, 7) is -0.250. The van der Waals surface area contributed by atoms with Crippen LogP contribution in [0.5, 0.6) is 0 Å². The minimum absolute atomic E-state index is 0. The Morgan fingerprint density at radius 1 is 1.07 bits per heavy atom. The van der Waals surface area contributed by atoms with Crippen LogP contribution in [0.1, 0.15) is 1.43 Å². The minimum atomic E-state index is -2.27. The molecule has 2 atom stereocenters. The zero-order valence-electron chi connectivity index (χ0n) is 8.19. The van der Waals surface area contributed by atoms with Crippen molar-refractivity contribution in [2.24, 2.45) is 0 Å². The van der Waals surface area contributed by atoms with Gasteiger partial charge in [-0.05, 0) is 0 Å². The first-order valence-electron chi connectivity index (χ1n) is 2.78. The summed E-state index contributed by atoms with van der Waals surface area (Å²) in [5, 5.41) is 39.4. The Morgan fingerprint density at radius 2 is 1.21 bits per heavy atom. The molecule has 0 bridgehead atoms. The van der Waals surface area contributed by atoms with Gasteiger partial charge in [-0.3, -0.25) is 4.79 Å². The van der Waals surface area contributed by atoms with E-state index < -0.39 is 24.1 Å². The number of aliphatic hydroxyl groups excluding tert-OH is 2. The van der Waals surface area contributed by atoms with Crippen molar-refractivity contribution in [1.82, 2.24) is 0 Å². The Bertz CT molecular complexity index is 179. The van der Waals surface area contributed by atoms with E-state index in [-0.39, 0.29) is 37.5 Å². The molecule has 9 heteroatoms. The summed E-state index contributed by atoms with van der Waals surface area (Å²) in [4.78, 5) is 27.9. The monoisotopic (exact) mass is 220 g/mol. The van der Waals surface area contributed by atoms with E-state index in [1.165, 1.54) is 0 Å². The number of hydrogen-bond acceptors (Lipinski definition) is 5. The van der Waals surface area contributed by atoms with Crippen LogP contribution < -0.4 is 29.6 Å². The number of carboxylic acid groups (broad SMARTS) is 3. The molecule has 0 spiro atoms. The predicted octanol–water partition coefficient (Wildman–Crippen LogP) is -5.31. The minimum Gasteiger partial charge on any atom is -1.00 e. The van der Waals surface area contributed by atoms with Crippen LogP contribution in [0.4, 0.5) is 0 Å². The number of hydrogen-bond donors (Lipinski definition) is 5. The van der Waals surface area contributed by atoms with Crippen molar-refractivity contribution >= 4 is 18.4 Å². The molecule has 0 saturated carbocycles. The van der Waals surface area contributed by atoms with Crippen molar-refractivity contribution < 1.29 is 70.9 Å². The fourth-order valence-corrected chi connectivity index (χ4v) is 0.270. The van der Waals surface area contributed by atoms with Gasteiger partial charge in [-0.25, -0.2) is 9.59 Å². The summed E-state index contributed by atoms with van der Waals surface area (Å²) in [6, 6.07) is 0. The van der Waals surface area contributed by atoms with Crippen LogP contribution in [-0.4, -0.2) is 56.2 Å². The van der Waals surface area contributed by atoms with E-state index in [0.29, 0.717) is 0 Å². The molecule has 0 amide bonds. The molecular weight excluding hydrogens is 211 g/mol. The Kier molecular flexibility index (Phi) is 14.1. The topological polar surface area (TPSA) is 152 Å². The molecule has 5 N–H and O–H groups in total. The Hall–Kier alpha value is -0.670. The van der Waals surface area contributed by atoms with E-state index in [9.17, 15) is 9.59 Å². The summed E-state index contributed by atoms with van der Waals surface area (Å²) in [6.07, 6.45) is -4.53. The van der Waals surface area contributed by atoms with Gasteiger partial charge >= 0.3 is 41.5 Å². The van der Waals surface area contributed by atoms with E-state index in [1.807, 2.05) is 0 Å². The fraction of sp³-hybridized carbons (Fsp3) is 0.400. The van der Waals surface area contributed by atoms with Crippen LogP contribution in [0.3, 0.4) is 0 Å². The van der Waals surface area contributed by atoms with Crippen LogP contribution in [0.2, 0.25) is 0 Å². The van der Waals surface area contributed by atoms with Gasteiger partial charge in [0.15, 0.2) is 12.2 Å². The van der Waals surface area contributed by atoms with Crippen molar-refractivity contribution in [3.8, 4) is 0 Å². The van der Waals surface area contributed by atoms with Crippen LogP contribution in [0.25, 0.3) is 0 Å². The Morgan fingerprint density at radius 3 is 1.29 bits per heavy atom. The number of rotatable bonds is 3. The maximum Gasteiger partial charge on any atom is 1.00 e. The first-order valence-corrected chi connectivity index (χ1v) is 2.78. The molecule has 8 nitrogen and oxygen atoms in total. The molecule has 2 unspecified atom stereocenters. The maximum atomic E-state index is 9.77. The standard InChI is InChI=1S/C4H6O6.CH2O2.Na.H/c5-1(3(7)8)2(6)4(9)10;2-1-3;;/h1-2,5-6H,(H,7,8)(H,9,10);1H,(H,2,3);;/q;;+1;-1. The summed E-state index contributed by atoms with van der Waals surface area (Å²) < 4.78 is 0. The van der Waals surface area contributed by atoms with Gasteiger partial charge < -0.3 is 27.0 Å². The second kappa shape index (κ2) is 10.4. The SMILES string of the molecule is O=C(O)C(O)C(O)C(=O)O.O=CO.[H-].[Na+]. The third-order valence-electron chi connectivity index (χ3n) is 0.805. The first-order chi connectivity index (χ1) is 5.88. The Labute approximate surface area is 102 Å². The quantitative estimate of drug-likeness (QED) is 0.233. The largest absolute Gasteiger partial charge is 1.00 e. The number of aliphatic hydroxyl groups is 2. The molecule has 0 aliphatic heterocycles. The van der Waals surface area contributed by atoms with Crippen molar-refractivity contribution in [2.75, 3.05) is 0 Å². The fourth-order valence-electron chi connectivity index (χ4n) is 0.270. The van der Waals surface area contributed by atoms with Crippen molar-refractivity contribution in [3.63, 3.8) is 0 Å². The van der Waals surface area contributed by atoms with Gasteiger partial charge in [0.2, 0.25) is 0 Å². The number of carbonyl (C=O) groups is 3. The van der Waals surface area contributed by atoms with E-state index in [2.05, 4.69) is 0 Å². The van der Waals surface area contributed by atoms with Crippen molar-refractivity contribution in [1.29, 1.82) is 0 Å².